The fourth-order valence-electron chi connectivity index (χ4n) is 2.97. The van der Waals surface area contributed by atoms with E-state index in [1.54, 1.807) is 0 Å². The second-order valence-corrected chi connectivity index (χ2v) is 9.06. The fourth-order valence-corrected chi connectivity index (χ4v) is 3.36. The predicted octanol–water partition coefficient (Wildman–Crippen LogP) is 5.94. The van der Waals surface area contributed by atoms with Gasteiger partial charge in [0.2, 0.25) is 0 Å². The van der Waals surface area contributed by atoms with Crippen molar-refractivity contribution in [2.75, 3.05) is 0 Å². The monoisotopic (exact) mass is 384 g/mol. The van der Waals surface area contributed by atoms with Crippen LogP contribution in [0.5, 0.6) is 5.75 Å². The SMILES string of the molecule is C/C(I)=C/C1C(c2ccc(OC(C)(C)C)cc2)C1(C)C. The lowest BCUT2D eigenvalue weighted by Crippen LogP contribution is -2.22. The van der Waals surface area contributed by atoms with E-state index in [2.05, 4.69) is 94.5 Å². The van der Waals surface area contributed by atoms with Crippen LogP contribution < -0.4 is 4.74 Å². The molecule has 2 rings (SSSR count). The summed E-state index contributed by atoms with van der Waals surface area (Å²) in [6.07, 6.45) is 2.41. The molecular formula is C18H25IO. The number of hydrogen-bond acceptors (Lipinski definition) is 1. The van der Waals surface area contributed by atoms with Gasteiger partial charge < -0.3 is 4.74 Å². The highest BCUT2D eigenvalue weighted by molar-refractivity contribution is 14.1. The van der Waals surface area contributed by atoms with Gasteiger partial charge in [0.25, 0.3) is 0 Å². The lowest BCUT2D eigenvalue weighted by atomic mass is 10.0. The molecule has 20 heavy (non-hydrogen) atoms. The molecule has 110 valence electrons. The van der Waals surface area contributed by atoms with Gasteiger partial charge >= 0.3 is 0 Å². The minimum Gasteiger partial charge on any atom is -0.488 e. The molecule has 1 aliphatic rings. The quantitative estimate of drug-likeness (QED) is 0.586. The molecule has 0 heterocycles. The van der Waals surface area contributed by atoms with Crippen molar-refractivity contribution >= 4 is 22.6 Å². The van der Waals surface area contributed by atoms with E-state index in [4.69, 9.17) is 4.74 Å². The maximum Gasteiger partial charge on any atom is 0.120 e. The van der Waals surface area contributed by atoms with E-state index in [-0.39, 0.29) is 5.60 Å². The van der Waals surface area contributed by atoms with E-state index < -0.39 is 0 Å². The number of rotatable bonds is 3. The van der Waals surface area contributed by atoms with Crippen molar-refractivity contribution in [3.8, 4) is 5.75 Å². The van der Waals surface area contributed by atoms with Gasteiger partial charge in [0.1, 0.15) is 11.4 Å². The molecule has 0 bridgehead atoms. The van der Waals surface area contributed by atoms with Crippen LogP contribution in [-0.2, 0) is 0 Å². The van der Waals surface area contributed by atoms with Gasteiger partial charge in [-0.15, -0.1) is 0 Å². The number of ether oxygens (including phenoxy) is 1. The summed E-state index contributed by atoms with van der Waals surface area (Å²) in [5.41, 5.74) is 1.66. The summed E-state index contributed by atoms with van der Waals surface area (Å²) in [5.74, 6) is 2.25. The van der Waals surface area contributed by atoms with Gasteiger partial charge in [-0.3, -0.25) is 0 Å². The summed E-state index contributed by atoms with van der Waals surface area (Å²) in [6.45, 7) is 13.1. The van der Waals surface area contributed by atoms with Crippen LogP contribution in [-0.4, -0.2) is 5.60 Å². The fraction of sp³-hybridized carbons (Fsp3) is 0.556. The minimum atomic E-state index is -0.135. The third-order valence-electron chi connectivity index (χ3n) is 3.98. The molecule has 0 radical (unpaired) electrons. The van der Waals surface area contributed by atoms with Crippen molar-refractivity contribution in [3.05, 3.63) is 39.5 Å². The molecule has 0 aromatic heterocycles. The standard InChI is InChI=1S/C18H25IO/c1-12(19)11-15-16(18(15,5)6)13-7-9-14(10-8-13)20-17(2,3)4/h7-11,15-16H,1-6H3/b12-11-. The average molecular weight is 384 g/mol. The molecule has 0 saturated heterocycles. The van der Waals surface area contributed by atoms with E-state index in [9.17, 15) is 0 Å². The number of hydrogen-bond donors (Lipinski definition) is 0. The van der Waals surface area contributed by atoms with Gasteiger partial charge in [-0.25, -0.2) is 0 Å². The molecule has 2 heteroatoms. The normalized spacial score (nSPS) is 25.4. The zero-order valence-electron chi connectivity index (χ0n) is 13.3. The summed E-state index contributed by atoms with van der Waals surface area (Å²) in [7, 11) is 0. The van der Waals surface area contributed by atoms with Crippen molar-refractivity contribution in [2.24, 2.45) is 11.3 Å². The Morgan fingerprint density at radius 1 is 1.20 bits per heavy atom. The summed E-state index contributed by atoms with van der Waals surface area (Å²) >= 11 is 2.40. The van der Waals surface area contributed by atoms with Crippen LogP contribution in [0.2, 0.25) is 0 Å². The molecule has 1 aromatic carbocycles. The highest BCUT2D eigenvalue weighted by atomic mass is 127. The number of halogens is 1. The molecule has 0 aliphatic heterocycles. The summed E-state index contributed by atoms with van der Waals surface area (Å²) < 4.78 is 7.27. The first kappa shape index (κ1) is 15.9. The molecule has 1 fully saturated rings. The molecule has 0 N–H and O–H groups in total. The number of allylic oxidation sites excluding steroid dienone is 2. The Bertz CT molecular complexity index is 501. The Kier molecular flexibility index (Phi) is 4.25. The molecular weight excluding hydrogens is 359 g/mol. The lowest BCUT2D eigenvalue weighted by Gasteiger charge is -2.21. The lowest BCUT2D eigenvalue weighted by molar-refractivity contribution is 0.131. The minimum absolute atomic E-state index is 0.135. The van der Waals surface area contributed by atoms with E-state index in [0.29, 0.717) is 17.3 Å². The zero-order valence-corrected chi connectivity index (χ0v) is 15.5. The van der Waals surface area contributed by atoms with Crippen LogP contribution in [0.3, 0.4) is 0 Å². The van der Waals surface area contributed by atoms with Crippen LogP contribution >= 0.6 is 22.6 Å². The van der Waals surface area contributed by atoms with Crippen LogP contribution in [0.1, 0.15) is 53.0 Å². The molecule has 1 saturated carbocycles. The van der Waals surface area contributed by atoms with E-state index in [1.165, 1.54) is 9.14 Å². The molecule has 1 aliphatic carbocycles. The van der Waals surface area contributed by atoms with Gasteiger partial charge in [-0.2, -0.15) is 0 Å². The van der Waals surface area contributed by atoms with Crippen molar-refractivity contribution in [1.29, 1.82) is 0 Å². The van der Waals surface area contributed by atoms with Crippen molar-refractivity contribution in [1.82, 2.24) is 0 Å². The molecule has 2 unspecified atom stereocenters. The Labute approximate surface area is 136 Å². The van der Waals surface area contributed by atoms with Gasteiger partial charge in [0, 0.05) is 0 Å². The highest BCUT2D eigenvalue weighted by Gasteiger charge is 2.56. The summed E-state index contributed by atoms with van der Waals surface area (Å²) in [6, 6.07) is 8.66. The first-order valence-corrected chi connectivity index (χ1v) is 8.32. The third kappa shape index (κ3) is 3.57. The molecule has 2 atom stereocenters. The largest absolute Gasteiger partial charge is 0.488 e. The summed E-state index contributed by atoms with van der Waals surface area (Å²) in [4.78, 5) is 0. The first-order chi connectivity index (χ1) is 9.11. The van der Waals surface area contributed by atoms with E-state index >= 15 is 0 Å². The third-order valence-corrected chi connectivity index (χ3v) is 4.34. The Hall–Kier alpha value is -0.510. The van der Waals surface area contributed by atoms with Gasteiger partial charge in [0.15, 0.2) is 0 Å². The van der Waals surface area contributed by atoms with Crippen LogP contribution in [0, 0.1) is 11.3 Å². The molecule has 1 nitrogen and oxygen atoms in total. The molecule has 0 amide bonds. The second kappa shape index (κ2) is 5.36. The topological polar surface area (TPSA) is 9.23 Å². The zero-order chi connectivity index (χ0) is 15.1. The second-order valence-electron chi connectivity index (χ2n) is 7.36. The van der Waals surface area contributed by atoms with Gasteiger partial charge in [-0.1, -0.05) is 32.1 Å². The van der Waals surface area contributed by atoms with Gasteiger partial charge in [0.05, 0.1) is 0 Å². The molecule has 1 aromatic rings. The predicted molar refractivity (Wildman–Crippen MR) is 94.6 cm³/mol. The van der Waals surface area contributed by atoms with Crippen LogP contribution in [0.15, 0.2) is 33.9 Å². The van der Waals surface area contributed by atoms with Gasteiger partial charge in [-0.05, 0) is 88.8 Å². The summed E-state index contributed by atoms with van der Waals surface area (Å²) in [5, 5.41) is 0. The van der Waals surface area contributed by atoms with Crippen LogP contribution in [0.4, 0.5) is 0 Å². The van der Waals surface area contributed by atoms with Crippen LogP contribution in [0.25, 0.3) is 0 Å². The van der Waals surface area contributed by atoms with E-state index in [0.717, 1.165) is 5.75 Å². The van der Waals surface area contributed by atoms with E-state index in [1.807, 2.05) is 0 Å². The average Bonchev–Trinajstić information content (AvgIpc) is 2.78. The Morgan fingerprint density at radius 3 is 2.20 bits per heavy atom. The Morgan fingerprint density at radius 2 is 1.75 bits per heavy atom. The maximum atomic E-state index is 5.89. The highest BCUT2D eigenvalue weighted by Crippen LogP contribution is 2.65. The Balaban J connectivity index is 2.14. The van der Waals surface area contributed by atoms with Crippen molar-refractivity contribution < 1.29 is 4.74 Å². The molecule has 0 spiro atoms. The maximum absolute atomic E-state index is 5.89. The first-order valence-electron chi connectivity index (χ1n) is 7.24. The van der Waals surface area contributed by atoms with Crippen molar-refractivity contribution in [2.45, 2.75) is 53.1 Å². The smallest absolute Gasteiger partial charge is 0.120 e. The number of benzene rings is 1. The van der Waals surface area contributed by atoms with Crippen molar-refractivity contribution in [3.63, 3.8) is 0 Å².